The third-order valence-corrected chi connectivity index (χ3v) is 4.34. The van der Waals surface area contributed by atoms with E-state index in [0.29, 0.717) is 10.2 Å². The first-order chi connectivity index (χ1) is 9.72. The van der Waals surface area contributed by atoms with Crippen LogP contribution in [0.2, 0.25) is 5.02 Å². The molecular formula is C13H8ClN3OS2. The lowest BCUT2D eigenvalue weighted by atomic mass is 10.3. The van der Waals surface area contributed by atoms with Crippen LogP contribution in [-0.2, 0) is 0 Å². The van der Waals surface area contributed by atoms with E-state index < -0.39 is 0 Å². The fourth-order valence-corrected chi connectivity index (χ4v) is 3.18. The van der Waals surface area contributed by atoms with Gasteiger partial charge < -0.3 is 0 Å². The highest BCUT2D eigenvalue weighted by Gasteiger charge is 2.11. The summed E-state index contributed by atoms with van der Waals surface area (Å²) < 4.78 is 0. The molecule has 3 aromatic rings. The van der Waals surface area contributed by atoms with Gasteiger partial charge in [0.15, 0.2) is 5.13 Å². The molecular weight excluding hydrogens is 314 g/mol. The number of carbonyl (C=O) groups is 1. The van der Waals surface area contributed by atoms with Crippen molar-refractivity contribution in [3.05, 3.63) is 51.9 Å². The lowest BCUT2D eigenvalue weighted by Gasteiger charge is -2.00. The van der Waals surface area contributed by atoms with Crippen molar-refractivity contribution in [3.8, 4) is 10.6 Å². The molecule has 3 rings (SSSR count). The SMILES string of the molecule is O=C(Nc1nc(-c2cccs2)cs1)c1cc(Cl)ccn1. The molecule has 0 atom stereocenters. The Morgan fingerprint density at radius 3 is 2.95 bits per heavy atom. The van der Waals surface area contributed by atoms with Gasteiger partial charge >= 0.3 is 0 Å². The minimum absolute atomic E-state index is 0.269. The maximum absolute atomic E-state index is 12.0. The van der Waals surface area contributed by atoms with Crippen molar-refractivity contribution in [2.45, 2.75) is 0 Å². The minimum Gasteiger partial charge on any atom is -0.296 e. The van der Waals surface area contributed by atoms with Crippen molar-refractivity contribution in [2.24, 2.45) is 0 Å². The van der Waals surface area contributed by atoms with E-state index in [9.17, 15) is 4.79 Å². The molecule has 3 aromatic heterocycles. The van der Waals surface area contributed by atoms with Crippen molar-refractivity contribution < 1.29 is 4.79 Å². The van der Waals surface area contributed by atoms with Crippen molar-refractivity contribution in [2.75, 3.05) is 5.32 Å². The summed E-state index contributed by atoms with van der Waals surface area (Å²) in [6, 6.07) is 7.10. The van der Waals surface area contributed by atoms with Crippen LogP contribution < -0.4 is 5.32 Å². The number of hydrogen-bond donors (Lipinski definition) is 1. The molecule has 0 bridgehead atoms. The molecule has 4 nitrogen and oxygen atoms in total. The second-order valence-corrected chi connectivity index (χ2v) is 6.07. The number of anilines is 1. The van der Waals surface area contributed by atoms with Gasteiger partial charge in [-0.2, -0.15) is 0 Å². The van der Waals surface area contributed by atoms with E-state index in [1.807, 2.05) is 22.9 Å². The monoisotopic (exact) mass is 321 g/mol. The van der Waals surface area contributed by atoms with Crippen LogP contribution in [-0.4, -0.2) is 15.9 Å². The van der Waals surface area contributed by atoms with Gasteiger partial charge in [0.1, 0.15) is 5.69 Å². The maximum atomic E-state index is 12.0. The summed E-state index contributed by atoms with van der Waals surface area (Å²) in [5, 5.41) is 7.64. The standard InChI is InChI=1S/C13H8ClN3OS2/c14-8-3-4-15-9(6-8)12(18)17-13-16-10(7-20-13)11-2-1-5-19-11/h1-7H,(H,16,17,18). The van der Waals surface area contributed by atoms with Crippen LogP contribution in [0.3, 0.4) is 0 Å². The van der Waals surface area contributed by atoms with E-state index in [2.05, 4.69) is 15.3 Å². The number of carbonyl (C=O) groups excluding carboxylic acids is 1. The summed E-state index contributed by atoms with van der Waals surface area (Å²) >= 11 is 8.82. The first-order valence-corrected chi connectivity index (χ1v) is 7.78. The molecule has 7 heteroatoms. The summed E-state index contributed by atoms with van der Waals surface area (Å²) in [7, 11) is 0. The normalized spacial score (nSPS) is 10.4. The molecule has 0 saturated carbocycles. The zero-order chi connectivity index (χ0) is 13.9. The predicted molar refractivity (Wildman–Crippen MR) is 82.6 cm³/mol. The van der Waals surface area contributed by atoms with E-state index in [-0.39, 0.29) is 11.6 Å². The van der Waals surface area contributed by atoms with Crippen molar-refractivity contribution >= 4 is 45.3 Å². The maximum Gasteiger partial charge on any atom is 0.276 e. The smallest absolute Gasteiger partial charge is 0.276 e. The van der Waals surface area contributed by atoms with Crippen LogP contribution in [0, 0.1) is 0 Å². The van der Waals surface area contributed by atoms with Crippen LogP contribution in [0.15, 0.2) is 41.2 Å². The lowest BCUT2D eigenvalue weighted by Crippen LogP contribution is -2.13. The Hall–Kier alpha value is -1.76. The molecule has 3 heterocycles. The average Bonchev–Trinajstić information content (AvgIpc) is 3.08. The summed E-state index contributed by atoms with van der Waals surface area (Å²) in [4.78, 5) is 21.4. The fraction of sp³-hybridized carbons (Fsp3) is 0. The molecule has 0 fully saturated rings. The van der Waals surface area contributed by atoms with Crippen LogP contribution in [0.5, 0.6) is 0 Å². The first-order valence-electron chi connectivity index (χ1n) is 5.65. The molecule has 0 spiro atoms. The molecule has 0 aromatic carbocycles. The average molecular weight is 322 g/mol. The Bertz CT molecular complexity index is 740. The Morgan fingerprint density at radius 1 is 1.30 bits per heavy atom. The molecule has 0 unspecified atom stereocenters. The van der Waals surface area contributed by atoms with Gasteiger partial charge in [0.05, 0.1) is 10.6 Å². The molecule has 0 aliphatic rings. The molecule has 0 aliphatic heterocycles. The van der Waals surface area contributed by atoms with Gasteiger partial charge in [-0.05, 0) is 23.6 Å². The number of nitrogens with one attached hydrogen (secondary N) is 1. The van der Waals surface area contributed by atoms with Crippen molar-refractivity contribution in [3.63, 3.8) is 0 Å². The number of thiazole rings is 1. The third-order valence-electron chi connectivity index (χ3n) is 2.45. The highest BCUT2D eigenvalue weighted by molar-refractivity contribution is 7.16. The minimum atomic E-state index is -0.320. The van der Waals surface area contributed by atoms with E-state index in [0.717, 1.165) is 10.6 Å². The number of amides is 1. The molecule has 1 N–H and O–H groups in total. The summed E-state index contributed by atoms with van der Waals surface area (Å²) in [5.41, 5.74) is 1.13. The number of aromatic nitrogens is 2. The topological polar surface area (TPSA) is 54.9 Å². The zero-order valence-corrected chi connectivity index (χ0v) is 12.4. The molecule has 1 amide bonds. The molecule has 20 heavy (non-hydrogen) atoms. The number of nitrogens with zero attached hydrogens (tertiary/aromatic N) is 2. The van der Waals surface area contributed by atoms with Crippen LogP contribution in [0.4, 0.5) is 5.13 Å². The second-order valence-electron chi connectivity index (χ2n) is 3.83. The number of thiophene rings is 1. The number of halogens is 1. The molecule has 0 saturated heterocycles. The van der Waals surface area contributed by atoms with Crippen LogP contribution >= 0.6 is 34.3 Å². The summed E-state index contributed by atoms with van der Waals surface area (Å²) in [6.45, 7) is 0. The predicted octanol–water partition coefficient (Wildman–Crippen LogP) is 4.17. The van der Waals surface area contributed by atoms with Gasteiger partial charge in [-0.3, -0.25) is 15.1 Å². The highest BCUT2D eigenvalue weighted by Crippen LogP contribution is 2.28. The van der Waals surface area contributed by atoms with Crippen LogP contribution in [0.1, 0.15) is 10.5 Å². The molecule has 100 valence electrons. The Labute approximate surface area is 128 Å². The van der Waals surface area contributed by atoms with Crippen molar-refractivity contribution in [1.82, 2.24) is 9.97 Å². The van der Waals surface area contributed by atoms with Gasteiger partial charge in [-0.25, -0.2) is 4.98 Å². The van der Waals surface area contributed by atoms with E-state index in [1.165, 1.54) is 23.6 Å². The lowest BCUT2D eigenvalue weighted by molar-refractivity contribution is 0.102. The Kier molecular flexibility index (Phi) is 3.77. The number of pyridine rings is 1. The van der Waals surface area contributed by atoms with E-state index >= 15 is 0 Å². The van der Waals surface area contributed by atoms with Gasteiger partial charge in [-0.1, -0.05) is 17.7 Å². The van der Waals surface area contributed by atoms with Crippen molar-refractivity contribution in [1.29, 1.82) is 0 Å². The van der Waals surface area contributed by atoms with Crippen LogP contribution in [0.25, 0.3) is 10.6 Å². The Balaban J connectivity index is 1.77. The van der Waals surface area contributed by atoms with E-state index in [1.54, 1.807) is 17.4 Å². The third kappa shape index (κ3) is 2.87. The largest absolute Gasteiger partial charge is 0.296 e. The van der Waals surface area contributed by atoms with Gasteiger partial charge in [0, 0.05) is 16.6 Å². The zero-order valence-electron chi connectivity index (χ0n) is 10.0. The Morgan fingerprint density at radius 2 is 2.20 bits per heavy atom. The highest BCUT2D eigenvalue weighted by atomic mass is 35.5. The van der Waals surface area contributed by atoms with Gasteiger partial charge in [0.2, 0.25) is 0 Å². The first kappa shape index (κ1) is 13.2. The van der Waals surface area contributed by atoms with E-state index in [4.69, 9.17) is 11.6 Å². The fourth-order valence-electron chi connectivity index (χ4n) is 1.56. The van der Waals surface area contributed by atoms with Gasteiger partial charge in [-0.15, -0.1) is 22.7 Å². The molecule has 0 radical (unpaired) electrons. The second kappa shape index (κ2) is 5.70. The number of hydrogen-bond acceptors (Lipinski definition) is 5. The quantitative estimate of drug-likeness (QED) is 0.787. The summed E-state index contributed by atoms with van der Waals surface area (Å²) in [5.74, 6) is -0.320. The molecule has 0 aliphatic carbocycles. The summed E-state index contributed by atoms with van der Waals surface area (Å²) in [6.07, 6.45) is 1.50. The van der Waals surface area contributed by atoms with Gasteiger partial charge in [0.25, 0.3) is 5.91 Å². The number of rotatable bonds is 3.